The predicted molar refractivity (Wildman–Crippen MR) is 110 cm³/mol. The molecule has 1 aliphatic heterocycles. The van der Waals surface area contributed by atoms with E-state index < -0.39 is 0 Å². The maximum atomic E-state index is 5.11. The number of anilines is 1. The Morgan fingerprint density at radius 2 is 2.08 bits per heavy atom. The van der Waals surface area contributed by atoms with Gasteiger partial charge in [0.05, 0.1) is 12.6 Å². The van der Waals surface area contributed by atoms with Crippen LogP contribution >= 0.6 is 0 Å². The molecule has 1 saturated heterocycles. The number of nitrogens with one attached hydrogen (secondary N) is 2. The van der Waals surface area contributed by atoms with Gasteiger partial charge in [0.1, 0.15) is 0 Å². The van der Waals surface area contributed by atoms with Crippen molar-refractivity contribution in [1.29, 1.82) is 0 Å². The standard InChI is InChI=1S/C20H35N5O/c1-17(18-8-7-9-19(16-18)25-11-5-6-12-25)23-20(21-2)22-10-13-24(3)14-15-26-4/h7-9,16-17H,5-6,10-15H2,1-4H3,(H2,21,22,23). The first-order valence-corrected chi connectivity index (χ1v) is 9.63. The fourth-order valence-electron chi connectivity index (χ4n) is 3.17. The first kappa shape index (κ1) is 20.5. The number of likely N-dealkylation sites (N-methyl/N-ethyl adjacent to an activating group) is 1. The van der Waals surface area contributed by atoms with Gasteiger partial charge in [-0.1, -0.05) is 12.1 Å². The van der Waals surface area contributed by atoms with Gasteiger partial charge in [-0.2, -0.15) is 0 Å². The van der Waals surface area contributed by atoms with Gasteiger partial charge in [-0.25, -0.2) is 0 Å². The van der Waals surface area contributed by atoms with Gasteiger partial charge in [-0.05, 0) is 44.5 Å². The monoisotopic (exact) mass is 361 g/mol. The maximum absolute atomic E-state index is 5.11. The van der Waals surface area contributed by atoms with Crippen LogP contribution in [0, 0.1) is 0 Å². The van der Waals surface area contributed by atoms with Crippen LogP contribution in [0.5, 0.6) is 0 Å². The molecule has 0 spiro atoms. The molecule has 146 valence electrons. The fourth-order valence-corrected chi connectivity index (χ4v) is 3.17. The van der Waals surface area contributed by atoms with Crippen LogP contribution in [0.15, 0.2) is 29.3 Å². The molecule has 2 rings (SSSR count). The van der Waals surface area contributed by atoms with Crippen molar-refractivity contribution in [3.8, 4) is 0 Å². The number of methoxy groups -OCH3 is 1. The highest BCUT2D eigenvalue weighted by molar-refractivity contribution is 5.80. The van der Waals surface area contributed by atoms with Crippen molar-refractivity contribution in [2.75, 3.05) is 65.4 Å². The Bertz CT molecular complexity index is 557. The van der Waals surface area contributed by atoms with Gasteiger partial charge < -0.3 is 25.2 Å². The number of hydrogen-bond acceptors (Lipinski definition) is 4. The fraction of sp³-hybridized carbons (Fsp3) is 0.650. The lowest BCUT2D eigenvalue weighted by molar-refractivity contribution is 0.162. The molecular formula is C20H35N5O. The summed E-state index contributed by atoms with van der Waals surface area (Å²) in [4.78, 5) is 9.07. The lowest BCUT2D eigenvalue weighted by Crippen LogP contribution is -2.42. The zero-order valence-electron chi connectivity index (χ0n) is 16.8. The molecule has 2 N–H and O–H groups in total. The summed E-state index contributed by atoms with van der Waals surface area (Å²) in [7, 11) is 5.65. The predicted octanol–water partition coefficient (Wildman–Crippen LogP) is 2.09. The summed E-state index contributed by atoms with van der Waals surface area (Å²) in [6.45, 7) is 8.01. The topological polar surface area (TPSA) is 52.1 Å². The average Bonchev–Trinajstić information content (AvgIpc) is 3.20. The molecule has 1 heterocycles. The highest BCUT2D eigenvalue weighted by Gasteiger charge is 2.14. The van der Waals surface area contributed by atoms with Gasteiger partial charge in [-0.3, -0.25) is 4.99 Å². The van der Waals surface area contributed by atoms with Gasteiger partial charge >= 0.3 is 0 Å². The normalized spacial score (nSPS) is 16.2. The molecule has 26 heavy (non-hydrogen) atoms. The zero-order valence-corrected chi connectivity index (χ0v) is 16.8. The molecule has 0 saturated carbocycles. The Labute approximate surface area is 158 Å². The number of aliphatic imine (C=N–C) groups is 1. The van der Waals surface area contributed by atoms with E-state index in [9.17, 15) is 0 Å². The molecule has 1 aromatic rings. The van der Waals surface area contributed by atoms with Gasteiger partial charge in [-0.15, -0.1) is 0 Å². The molecule has 0 amide bonds. The van der Waals surface area contributed by atoms with E-state index in [0.717, 1.165) is 32.2 Å². The first-order valence-electron chi connectivity index (χ1n) is 9.63. The third kappa shape index (κ3) is 6.50. The van der Waals surface area contributed by atoms with E-state index in [1.165, 1.54) is 37.2 Å². The molecule has 1 atom stereocenters. The average molecular weight is 362 g/mol. The molecule has 1 fully saturated rings. The highest BCUT2D eigenvalue weighted by atomic mass is 16.5. The van der Waals surface area contributed by atoms with E-state index in [-0.39, 0.29) is 6.04 Å². The third-order valence-corrected chi connectivity index (χ3v) is 4.88. The molecule has 0 aliphatic carbocycles. The molecule has 6 heteroatoms. The van der Waals surface area contributed by atoms with Crippen molar-refractivity contribution in [3.05, 3.63) is 29.8 Å². The Morgan fingerprint density at radius 3 is 2.77 bits per heavy atom. The lowest BCUT2D eigenvalue weighted by atomic mass is 10.1. The van der Waals surface area contributed by atoms with E-state index >= 15 is 0 Å². The smallest absolute Gasteiger partial charge is 0.191 e. The van der Waals surface area contributed by atoms with Crippen LogP contribution in [0.4, 0.5) is 5.69 Å². The summed E-state index contributed by atoms with van der Waals surface area (Å²) < 4.78 is 5.11. The molecule has 0 radical (unpaired) electrons. The van der Waals surface area contributed by atoms with E-state index in [1.54, 1.807) is 7.11 Å². The van der Waals surface area contributed by atoms with Crippen molar-refractivity contribution >= 4 is 11.6 Å². The van der Waals surface area contributed by atoms with Gasteiger partial charge in [0, 0.05) is 52.6 Å². The number of benzene rings is 1. The van der Waals surface area contributed by atoms with E-state index in [0.29, 0.717) is 0 Å². The number of rotatable bonds is 9. The van der Waals surface area contributed by atoms with E-state index in [1.807, 2.05) is 7.05 Å². The highest BCUT2D eigenvalue weighted by Crippen LogP contribution is 2.23. The van der Waals surface area contributed by atoms with Crippen molar-refractivity contribution < 1.29 is 4.74 Å². The van der Waals surface area contributed by atoms with Crippen LogP contribution in [0.2, 0.25) is 0 Å². The van der Waals surface area contributed by atoms with Crippen LogP contribution in [0.3, 0.4) is 0 Å². The van der Waals surface area contributed by atoms with Crippen LogP contribution in [-0.2, 0) is 4.74 Å². The second-order valence-corrected chi connectivity index (χ2v) is 6.95. The van der Waals surface area contributed by atoms with Crippen LogP contribution < -0.4 is 15.5 Å². The maximum Gasteiger partial charge on any atom is 0.191 e. The minimum Gasteiger partial charge on any atom is -0.383 e. The van der Waals surface area contributed by atoms with Gasteiger partial charge in [0.2, 0.25) is 0 Å². The SMILES string of the molecule is CN=C(NCCN(C)CCOC)NC(C)c1cccc(N2CCCC2)c1. The number of guanidine groups is 1. The Morgan fingerprint density at radius 1 is 1.31 bits per heavy atom. The van der Waals surface area contributed by atoms with Crippen LogP contribution in [0.1, 0.15) is 31.4 Å². The van der Waals surface area contributed by atoms with Crippen molar-refractivity contribution in [2.45, 2.75) is 25.8 Å². The first-order chi connectivity index (χ1) is 12.6. The van der Waals surface area contributed by atoms with Crippen LogP contribution in [-0.4, -0.2) is 71.4 Å². The summed E-state index contributed by atoms with van der Waals surface area (Å²) in [5, 5.41) is 6.89. The molecule has 1 aromatic carbocycles. The lowest BCUT2D eigenvalue weighted by Gasteiger charge is -2.22. The Balaban J connectivity index is 1.83. The molecule has 0 aromatic heterocycles. The number of nitrogens with zero attached hydrogens (tertiary/aromatic N) is 3. The zero-order chi connectivity index (χ0) is 18.8. The van der Waals surface area contributed by atoms with Crippen molar-refractivity contribution in [2.24, 2.45) is 4.99 Å². The third-order valence-electron chi connectivity index (χ3n) is 4.88. The Kier molecular flexibility index (Phi) is 8.71. The molecule has 1 unspecified atom stereocenters. The quantitative estimate of drug-likeness (QED) is 0.521. The number of hydrogen-bond donors (Lipinski definition) is 2. The summed E-state index contributed by atoms with van der Waals surface area (Å²) in [5.41, 5.74) is 2.62. The minimum absolute atomic E-state index is 0.204. The van der Waals surface area contributed by atoms with Crippen molar-refractivity contribution in [1.82, 2.24) is 15.5 Å². The van der Waals surface area contributed by atoms with Crippen molar-refractivity contribution in [3.63, 3.8) is 0 Å². The Hall–Kier alpha value is -1.79. The van der Waals surface area contributed by atoms with Crippen LogP contribution in [0.25, 0.3) is 0 Å². The largest absolute Gasteiger partial charge is 0.383 e. The minimum atomic E-state index is 0.204. The molecule has 6 nitrogen and oxygen atoms in total. The molecular weight excluding hydrogens is 326 g/mol. The molecule has 0 bridgehead atoms. The number of ether oxygens (including phenoxy) is 1. The van der Waals surface area contributed by atoms with Gasteiger partial charge in [0.25, 0.3) is 0 Å². The second-order valence-electron chi connectivity index (χ2n) is 6.95. The summed E-state index contributed by atoms with van der Waals surface area (Å²) in [5.74, 6) is 0.837. The summed E-state index contributed by atoms with van der Waals surface area (Å²) in [6, 6.07) is 9.06. The molecule has 1 aliphatic rings. The summed E-state index contributed by atoms with van der Waals surface area (Å²) in [6.07, 6.45) is 2.60. The van der Waals surface area contributed by atoms with E-state index in [2.05, 4.69) is 63.7 Å². The van der Waals surface area contributed by atoms with Gasteiger partial charge in [0.15, 0.2) is 5.96 Å². The van der Waals surface area contributed by atoms with E-state index in [4.69, 9.17) is 4.74 Å². The summed E-state index contributed by atoms with van der Waals surface area (Å²) >= 11 is 0. The second kappa shape index (κ2) is 11.0.